The molecule has 3 aliphatic rings. The van der Waals surface area contributed by atoms with E-state index < -0.39 is 0 Å². The third-order valence-electron chi connectivity index (χ3n) is 5.17. The Labute approximate surface area is 141 Å². The summed E-state index contributed by atoms with van der Waals surface area (Å²) in [6, 6.07) is 5.21. The van der Waals surface area contributed by atoms with E-state index in [2.05, 4.69) is 15.5 Å². The first-order chi connectivity index (χ1) is 11.8. The Balaban J connectivity index is 1.32. The minimum atomic E-state index is -0.187. The van der Waals surface area contributed by atoms with E-state index in [0.29, 0.717) is 23.7 Å². The Kier molecular flexibility index (Phi) is 4.20. The number of fused-ring (bicyclic) bond motifs is 1. The Morgan fingerprint density at radius 3 is 2.71 bits per heavy atom. The molecule has 2 aliphatic heterocycles. The fraction of sp³-hybridized carbons (Fsp3) is 0.588. The molecule has 2 heterocycles. The van der Waals surface area contributed by atoms with Crippen molar-refractivity contribution in [1.29, 1.82) is 0 Å². The largest absolute Gasteiger partial charge is 0.454 e. The van der Waals surface area contributed by atoms with E-state index in [0.717, 1.165) is 39.1 Å². The quantitative estimate of drug-likeness (QED) is 0.879. The number of benzene rings is 1. The number of hydrogen-bond donors (Lipinski definition) is 2. The van der Waals surface area contributed by atoms with Gasteiger partial charge in [-0.3, -0.25) is 4.90 Å². The molecular weight excluding hydrogens is 310 g/mol. The van der Waals surface area contributed by atoms with Crippen molar-refractivity contribution >= 4 is 11.7 Å². The molecule has 0 unspecified atom stereocenters. The van der Waals surface area contributed by atoms with Gasteiger partial charge in [-0.2, -0.15) is 0 Å². The van der Waals surface area contributed by atoms with Crippen molar-refractivity contribution in [3.8, 4) is 11.5 Å². The summed E-state index contributed by atoms with van der Waals surface area (Å²) in [5, 5.41) is 5.90. The lowest BCUT2D eigenvalue weighted by Gasteiger charge is -2.51. The summed E-state index contributed by atoms with van der Waals surface area (Å²) in [6.45, 7) is 4.36. The topological polar surface area (TPSA) is 72.1 Å². The molecule has 2 fully saturated rings. The zero-order valence-corrected chi connectivity index (χ0v) is 13.7. The maximum Gasteiger partial charge on any atom is 0.319 e. The molecule has 0 atom stereocenters. The van der Waals surface area contributed by atoms with Crippen LogP contribution in [-0.2, 0) is 4.74 Å². The Morgan fingerprint density at radius 2 is 1.96 bits per heavy atom. The molecule has 2 amide bonds. The van der Waals surface area contributed by atoms with Crippen LogP contribution in [0.1, 0.15) is 19.3 Å². The number of nitrogens with one attached hydrogen (secondary N) is 2. The zero-order valence-electron chi connectivity index (χ0n) is 13.7. The van der Waals surface area contributed by atoms with Gasteiger partial charge < -0.3 is 24.8 Å². The number of nitrogens with zero attached hydrogens (tertiary/aromatic N) is 1. The molecule has 24 heavy (non-hydrogen) atoms. The normalized spacial score (nSPS) is 21.8. The van der Waals surface area contributed by atoms with Gasteiger partial charge in [0.05, 0.1) is 13.2 Å². The second kappa shape index (κ2) is 6.49. The lowest BCUT2D eigenvalue weighted by Crippen LogP contribution is -2.62. The first-order valence-electron chi connectivity index (χ1n) is 8.53. The summed E-state index contributed by atoms with van der Waals surface area (Å²) >= 11 is 0. The molecule has 1 aromatic rings. The zero-order chi connectivity index (χ0) is 16.4. The van der Waals surface area contributed by atoms with E-state index in [1.807, 2.05) is 6.07 Å². The monoisotopic (exact) mass is 333 g/mol. The van der Waals surface area contributed by atoms with Crippen molar-refractivity contribution in [2.45, 2.75) is 24.8 Å². The first kappa shape index (κ1) is 15.5. The SMILES string of the molecule is O=C(NCC1(N2CCOCC2)CCC1)Nc1ccc2c(c1)OCO2. The van der Waals surface area contributed by atoms with Crippen LogP contribution in [0.2, 0.25) is 0 Å². The van der Waals surface area contributed by atoms with E-state index in [4.69, 9.17) is 14.2 Å². The van der Waals surface area contributed by atoms with E-state index in [9.17, 15) is 4.79 Å². The highest BCUT2D eigenvalue weighted by Crippen LogP contribution is 2.38. The number of anilines is 1. The fourth-order valence-corrected chi connectivity index (χ4v) is 3.62. The summed E-state index contributed by atoms with van der Waals surface area (Å²) in [6.07, 6.45) is 3.50. The first-order valence-corrected chi connectivity index (χ1v) is 8.53. The van der Waals surface area contributed by atoms with Crippen molar-refractivity contribution in [3.05, 3.63) is 18.2 Å². The molecule has 1 aliphatic carbocycles. The maximum absolute atomic E-state index is 12.2. The van der Waals surface area contributed by atoms with Gasteiger partial charge in [0.1, 0.15) is 0 Å². The van der Waals surface area contributed by atoms with Crippen LogP contribution in [0.15, 0.2) is 18.2 Å². The molecule has 1 saturated carbocycles. The summed E-state index contributed by atoms with van der Waals surface area (Å²) in [4.78, 5) is 14.7. The Hall–Kier alpha value is -1.99. The number of carbonyl (C=O) groups excluding carboxylic acids is 1. The van der Waals surface area contributed by atoms with Gasteiger partial charge in [0.2, 0.25) is 6.79 Å². The Bertz CT molecular complexity index is 612. The van der Waals surface area contributed by atoms with Crippen molar-refractivity contribution in [2.24, 2.45) is 0 Å². The number of ether oxygens (including phenoxy) is 3. The number of hydrogen-bond acceptors (Lipinski definition) is 5. The lowest BCUT2D eigenvalue weighted by atomic mass is 9.75. The van der Waals surface area contributed by atoms with Crippen LogP contribution in [0.5, 0.6) is 11.5 Å². The maximum atomic E-state index is 12.2. The van der Waals surface area contributed by atoms with Gasteiger partial charge in [-0.25, -0.2) is 4.79 Å². The molecule has 7 nitrogen and oxygen atoms in total. The van der Waals surface area contributed by atoms with Crippen LogP contribution >= 0.6 is 0 Å². The highest BCUT2D eigenvalue weighted by molar-refractivity contribution is 5.89. The molecule has 1 aromatic carbocycles. The van der Waals surface area contributed by atoms with Gasteiger partial charge in [0.15, 0.2) is 11.5 Å². The average molecular weight is 333 g/mol. The fourth-order valence-electron chi connectivity index (χ4n) is 3.62. The van der Waals surface area contributed by atoms with Crippen molar-refractivity contribution in [1.82, 2.24) is 10.2 Å². The second-order valence-corrected chi connectivity index (χ2v) is 6.55. The third-order valence-corrected chi connectivity index (χ3v) is 5.17. The Morgan fingerprint density at radius 1 is 1.17 bits per heavy atom. The molecule has 4 rings (SSSR count). The molecule has 1 saturated heterocycles. The summed E-state index contributed by atoms with van der Waals surface area (Å²) in [5.41, 5.74) is 0.807. The van der Waals surface area contributed by atoms with Crippen molar-refractivity contribution < 1.29 is 19.0 Å². The molecule has 0 radical (unpaired) electrons. The second-order valence-electron chi connectivity index (χ2n) is 6.55. The summed E-state index contributed by atoms with van der Waals surface area (Å²) in [7, 11) is 0. The van der Waals surface area contributed by atoms with Crippen molar-refractivity contribution in [3.63, 3.8) is 0 Å². The summed E-state index contributed by atoms with van der Waals surface area (Å²) in [5.74, 6) is 1.37. The van der Waals surface area contributed by atoms with Gasteiger partial charge in [0.25, 0.3) is 0 Å². The highest BCUT2D eigenvalue weighted by atomic mass is 16.7. The molecule has 7 heteroatoms. The highest BCUT2D eigenvalue weighted by Gasteiger charge is 2.42. The standard InChI is InChI=1S/C17H23N3O4/c21-16(19-13-2-3-14-15(10-13)24-12-23-14)18-11-17(4-1-5-17)20-6-8-22-9-7-20/h2-3,10H,1,4-9,11-12H2,(H2,18,19,21). The van der Waals surface area contributed by atoms with Crippen LogP contribution in [0.4, 0.5) is 10.5 Å². The van der Waals surface area contributed by atoms with E-state index >= 15 is 0 Å². The van der Waals surface area contributed by atoms with Crippen LogP contribution in [-0.4, -0.2) is 56.1 Å². The molecule has 2 N–H and O–H groups in total. The minimum Gasteiger partial charge on any atom is -0.454 e. The molecule has 0 aromatic heterocycles. The number of urea groups is 1. The molecule has 0 spiro atoms. The number of morpholine rings is 1. The van der Waals surface area contributed by atoms with Crippen LogP contribution < -0.4 is 20.1 Å². The molecule has 130 valence electrons. The van der Waals surface area contributed by atoms with E-state index in [1.54, 1.807) is 12.1 Å². The van der Waals surface area contributed by atoms with Gasteiger partial charge in [-0.15, -0.1) is 0 Å². The van der Waals surface area contributed by atoms with Crippen LogP contribution in [0.25, 0.3) is 0 Å². The number of amides is 2. The average Bonchev–Trinajstić information content (AvgIpc) is 3.02. The lowest BCUT2D eigenvalue weighted by molar-refractivity contribution is -0.0535. The minimum absolute atomic E-state index is 0.107. The number of rotatable bonds is 4. The molecule has 0 bridgehead atoms. The van der Waals surface area contributed by atoms with Crippen LogP contribution in [0, 0.1) is 0 Å². The van der Waals surface area contributed by atoms with Gasteiger partial charge in [-0.05, 0) is 31.4 Å². The number of carbonyl (C=O) groups is 1. The predicted molar refractivity (Wildman–Crippen MR) is 88.6 cm³/mol. The third kappa shape index (κ3) is 3.01. The van der Waals surface area contributed by atoms with Crippen molar-refractivity contribution in [2.75, 3.05) is 45.0 Å². The van der Waals surface area contributed by atoms with Crippen LogP contribution in [0.3, 0.4) is 0 Å². The smallest absolute Gasteiger partial charge is 0.319 e. The van der Waals surface area contributed by atoms with Gasteiger partial charge >= 0.3 is 6.03 Å². The molecular formula is C17H23N3O4. The van der Waals surface area contributed by atoms with E-state index in [1.165, 1.54) is 6.42 Å². The van der Waals surface area contributed by atoms with Gasteiger partial charge in [-0.1, -0.05) is 0 Å². The predicted octanol–water partition coefficient (Wildman–Crippen LogP) is 1.79. The van der Waals surface area contributed by atoms with Gasteiger partial charge in [0, 0.05) is 36.9 Å². The summed E-state index contributed by atoms with van der Waals surface area (Å²) < 4.78 is 16.0. The van der Waals surface area contributed by atoms with E-state index in [-0.39, 0.29) is 18.4 Å².